The van der Waals surface area contributed by atoms with Gasteiger partial charge in [0.05, 0.1) is 5.56 Å². The van der Waals surface area contributed by atoms with Gasteiger partial charge >= 0.3 is 6.18 Å². The van der Waals surface area contributed by atoms with E-state index in [9.17, 15) is 27.1 Å². The molecule has 0 spiro atoms. The highest BCUT2D eigenvalue weighted by Crippen LogP contribution is 2.31. The molecule has 0 amide bonds. The summed E-state index contributed by atoms with van der Waals surface area (Å²) < 4.78 is 62.1. The first-order valence-electron chi connectivity index (χ1n) is 6.02. The van der Waals surface area contributed by atoms with Crippen molar-refractivity contribution in [3.05, 3.63) is 70.8 Å². The van der Waals surface area contributed by atoms with Gasteiger partial charge in [0.15, 0.2) is 0 Å². The fourth-order valence-corrected chi connectivity index (χ4v) is 1.87. The lowest BCUT2D eigenvalue weighted by Gasteiger charge is -2.13. The van der Waals surface area contributed by atoms with Crippen LogP contribution in [0.2, 0.25) is 0 Å². The Morgan fingerprint density at radius 1 is 0.714 bits per heavy atom. The summed E-state index contributed by atoms with van der Waals surface area (Å²) in [7, 11) is 0. The molecule has 0 radical (unpaired) electrons. The fraction of sp³-hybridized carbons (Fsp3) is 0.200. The van der Waals surface area contributed by atoms with Gasteiger partial charge in [-0.15, -0.1) is 0 Å². The Hall–Kier alpha value is -1.95. The van der Waals surface area contributed by atoms with Crippen LogP contribution in [-0.2, 0) is 6.18 Å². The third-order valence-corrected chi connectivity index (χ3v) is 3.06. The minimum Gasteiger partial charge on any atom is -0.384 e. The third kappa shape index (κ3) is 3.58. The molecule has 2 aromatic carbocycles. The van der Waals surface area contributed by atoms with Crippen molar-refractivity contribution < 1.29 is 27.1 Å². The molecule has 1 unspecified atom stereocenters. The highest BCUT2D eigenvalue weighted by molar-refractivity contribution is 5.34. The van der Waals surface area contributed by atoms with E-state index in [1.807, 2.05) is 0 Å². The summed E-state index contributed by atoms with van der Waals surface area (Å²) in [4.78, 5) is 0. The predicted molar refractivity (Wildman–Crippen MR) is 66.9 cm³/mol. The molecular formula is C15H11F5O. The molecular weight excluding hydrogens is 291 g/mol. The van der Waals surface area contributed by atoms with E-state index in [0.29, 0.717) is 5.56 Å². The molecule has 21 heavy (non-hydrogen) atoms. The average molecular weight is 302 g/mol. The molecule has 0 aromatic heterocycles. The van der Waals surface area contributed by atoms with Crippen molar-refractivity contribution in [2.24, 2.45) is 0 Å². The summed E-state index contributed by atoms with van der Waals surface area (Å²) in [5, 5.41) is 10.0. The van der Waals surface area contributed by atoms with Gasteiger partial charge in [0.2, 0.25) is 0 Å². The number of rotatable bonds is 3. The molecule has 0 aliphatic heterocycles. The van der Waals surface area contributed by atoms with E-state index in [4.69, 9.17) is 0 Å². The van der Waals surface area contributed by atoms with Crippen LogP contribution >= 0.6 is 0 Å². The van der Waals surface area contributed by atoms with Crippen LogP contribution in [0.5, 0.6) is 0 Å². The van der Waals surface area contributed by atoms with Gasteiger partial charge in [-0.25, -0.2) is 8.78 Å². The monoisotopic (exact) mass is 302 g/mol. The zero-order valence-electron chi connectivity index (χ0n) is 10.6. The molecule has 0 saturated carbocycles. The molecule has 6 heteroatoms. The molecule has 1 atom stereocenters. The Balaban J connectivity index is 2.21. The van der Waals surface area contributed by atoms with Crippen molar-refractivity contribution >= 4 is 0 Å². The van der Waals surface area contributed by atoms with Crippen LogP contribution in [0.3, 0.4) is 0 Å². The first kappa shape index (κ1) is 15.4. The van der Waals surface area contributed by atoms with Crippen LogP contribution in [0.25, 0.3) is 0 Å². The van der Waals surface area contributed by atoms with E-state index < -0.39 is 24.3 Å². The summed E-state index contributed by atoms with van der Waals surface area (Å²) in [6.45, 7) is 0. The molecule has 0 aliphatic carbocycles. The molecule has 2 rings (SSSR count). The second-order valence-corrected chi connectivity index (χ2v) is 4.49. The molecule has 1 nitrogen and oxygen atoms in total. The van der Waals surface area contributed by atoms with Crippen LogP contribution in [0.15, 0.2) is 48.5 Å². The number of halogens is 5. The zero-order chi connectivity index (χ0) is 15.6. The number of benzene rings is 2. The quantitative estimate of drug-likeness (QED) is 0.813. The summed E-state index contributed by atoms with van der Waals surface area (Å²) in [6, 6.07) is 9.05. The minimum atomic E-state index is -4.44. The molecule has 0 aliphatic rings. The van der Waals surface area contributed by atoms with E-state index in [-0.39, 0.29) is 11.1 Å². The highest BCUT2D eigenvalue weighted by atomic mass is 19.4. The maximum Gasteiger partial charge on any atom is 0.416 e. The minimum absolute atomic E-state index is 0.182. The van der Waals surface area contributed by atoms with Crippen molar-refractivity contribution in [3.63, 3.8) is 0 Å². The van der Waals surface area contributed by atoms with Gasteiger partial charge in [-0.2, -0.15) is 13.2 Å². The standard InChI is InChI=1S/C15H11F5O/c16-14(17)11-3-1-9(2-4-11)13(21)10-5-7-12(8-6-10)15(18,19)20/h1-8,13-14,21H. The van der Waals surface area contributed by atoms with Crippen LogP contribution in [0.1, 0.15) is 34.8 Å². The zero-order valence-corrected chi connectivity index (χ0v) is 10.6. The molecule has 0 saturated heterocycles. The molecule has 1 N–H and O–H groups in total. The summed E-state index contributed by atoms with van der Waals surface area (Å²) in [5.41, 5.74) is -0.406. The van der Waals surface area contributed by atoms with E-state index >= 15 is 0 Å². The van der Waals surface area contributed by atoms with Crippen LogP contribution in [0.4, 0.5) is 22.0 Å². The average Bonchev–Trinajstić information content (AvgIpc) is 2.46. The predicted octanol–water partition coefficient (Wildman–Crippen LogP) is 4.72. The summed E-state index contributed by atoms with van der Waals surface area (Å²) in [6.07, 6.45) is -8.22. The summed E-state index contributed by atoms with van der Waals surface area (Å²) in [5.74, 6) is 0. The maximum absolute atomic E-state index is 12.4. The lowest BCUT2D eigenvalue weighted by Crippen LogP contribution is -2.06. The molecule has 112 valence electrons. The van der Waals surface area contributed by atoms with Gasteiger partial charge in [0.1, 0.15) is 6.10 Å². The molecule has 0 fully saturated rings. The van der Waals surface area contributed by atoms with Gasteiger partial charge in [0.25, 0.3) is 6.43 Å². The van der Waals surface area contributed by atoms with Crippen molar-refractivity contribution in [2.75, 3.05) is 0 Å². The van der Waals surface area contributed by atoms with Gasteiger partial charge in [-0.3, -0.25) is 0 Å². The molecule has 2 aromatic rings. The Morgan fingerprint density at radius 2 is 1.10 bits per heavy atom. The number of aliphatic hydroxyl groups is 1. The Labute approximate surface area is 117 Å². The van der Waals surface area contributed by atoms with Crippen molar-refractivity contribution in [3.8, 4) is 0 Å². The van der Waals surface area contributed by atoms with Crippen LogP contribution in [0, 0.1) is 0 Å². The first-order chi connectivity index (χ1) is 9.79. The van der Waals surface area contributed by atoms with Crippen molar-refractivity contribution in [2.45, 2.75) is 18.7 Å². The van der Waals surface area contributed by atoms with E-state index in [0.717, 1.165) is 24.3 Å². The SMILES string of the molecule is OC(c1ccc(C(F)F)cc1)c1ccc(C(F)(F)F)cc1. The second kappa shape index (κ2) is 5.81. The Morgan fingerprint density at radius 3 is 1.48 bits per heavy atom. The molecule has 0 bridgehead atoms. The topological polar surface area (TPSA) is 20.2 Å². The largest absolute Gasteiger partial charge is 0.416 e. The normalized spacial score (nSPS) is 13.5. The smallest absolute Gasteiger partial charge is 0.384 e. The molecule has 0 heterocycles. The number of aliphatic hydroxyl groups excluding tert-OH is 1. The van der Waals surface area contributed by atoms with Gasteiger partial charge in [0, 0.05) is 5.56 Å². The van der Waals surface area contributed by atoms with Crippen LogP contribution in [-0.4, -0.2) is 5.11 Å². The lowest BCUT2D eigenvalue weighted by molar-refractivity contribution is -0.137. The van der Waals surface area contributed by atoms with E-state index in [1.54, 1.807) is 0 Å². The Bertz CT molecular complexity index is 587. The highest BCUT2D eigenvalue weighted by Gasteiger charge is 2.30. The first-order valence-corrected chi connectivity index (χ1v) is 6.02. The Kier molecular flexibility index (Phi) is 4.27. The number of alkyl halides is 5. The fourth-order valence-electron chi connectivity index (χ4n) is 1.87. The number of hydrogen-bond donors (Lipinski definition) is 1. The van der Waals surface area contributed by atoms with Gasteiger partial charge < -0.3 is 5.11 Å². The third-order valence-electron chi connectivity index (χ3n) is 3.06. The van der Waals surface area contributed by atoms with Gasteiger partial charge in [-0.1, -0.05) is 36.4 Å². The summed E-state index contributed by atoms with van der Waals surface area (Å²) >= 11 is 0. The van der Waals surface area contributed by atoms with Crippen molar-refractivity contribution in [1.82, 2.24) is 0 Å². The van der Waals surface area contributed by atoms with E-state index in [2.05, 4.69) is 0 Å². The van der Waals surface area contributed by atoms with Crippen LogP contribution < -0.4 is 0 Å². The lowest BCUT2D eigenvalue weighted by atomic mass is 9.99. The number of hydrogen-bond acceptors (Lipinski definition) is 1. The van der Waals surface area contributed by atoms with Crippen molar-refractivity contribution in [1.29, 1.82) is 0 Å². The second-order valence-electron chi connectivity index (χ2n) is 4.49. The maximum atomic E-state index is 12.4. The van der Waals surface area contributed by atoms with E-state index in [1.165, 1.54) is 24.3 Å². The van der Waals surface area contributed by atoms with Gasteiger partial charge in [-0.05, 0) is 23.3 Å².